The normalized spacial score (nSPS) is 19.1. The zero-order valence-corrected chi connectivity index (χ0v) is 15.9. The van der Waals surface area contributed by atoms with Crippen molar-refractivity contribution in [3.05, 3.63) is 29.8 Å². The summed E-state index contributed by atoms with van der Waals surface area (Å²) >= 11 is 0. The van der Waals surface area contributed by atoms with Gasteiger partial charge in [0.25, 0.3) is 0 Å². The Balaban J connectivity index is 2.04. The number of amides is 1. The fourth-order valence-electron chi connectivity index (χ4n) is 2.77. The molecule has 7 heteroatoms. The number of nitrogens with one attached hydrogen (secondary N) is 2. The Bertz CT molecular complexity index is 665. The molecule has 2 rings (SSSR count). The van der Waals surface area contributed by atoms with Gasteiger partial charge in [-0.25, -0.2) is 8.42 Å². The van der Waals surface area contributed by atoms with Crippen LogP contribution in [0.4, 0.5) is 0 Å². The summed E-state index contributed by atoms with van der Waals surface area (Å²) in [5.41, 5.74) is 0.981. The van der Waals surface area contributed by atoms with Gasteiger partial charge >= 0.3 is 0 Å². The van der Waals surface area contributed by atoms with Crippen molar-refractivity contribution in [2.45, 2.75) is 44.6 Å². The minimum Gasteiger partial charge on any atom is -0.381 e. The Labute approximate surface area is 150 Å². The third kappa shape index (κ3) is 6.09. The Morgan fingerprint density at radius 2 is 1.96 bits per heavy atom. The van der Waals surface area contributed by atoms with Gasteiger partial charge in [0.2, 0.25) is 15.9 Å². The zero-order chi connectivity index (χ0) is 18.4. The molecule has 0 aromatic heterocycles. The smallest absolute Gasteiger partial charge is 0.241 e. The zero-order valence-electron chi connectivity index (χ0n) is 15.1. The number of benzene rings is 1. The van der Waals surface area contributed by atoms with Crippen LogP contribution in [0.25, 0.3) is 0 Å². The van der Waals surface area contributed by atoms with Crippen LogP contribution in [0, 0.1) is 18.8 Å². The molecular weight excluding hydrogens is 340 g/mol. The molecule has 2 N–H and O–H groups in total. The first-order valence-corrected chi connectivity index (χ1v) is 10.2. The molecule has 1 amide bonds. The lowest BCUT2D eigenvalue weighted by Crippen LogP contribution is -2.48. The summed E-state index contributed by atoms with van der Waals surface area (Å²) < 4.78 is 33.0. The van der Waals surface area contributed by atoms with E-state index in [-0.39, 0.29) is 16.7 Å². The van der Waals surface area contributed by atoms with Crippen LogP contribution in [-0.2, 0) is 19.6 Å². The van der Waals surface area contributed by atoms with E-state index in [4.69, 9.17) is 4.74 Å². The van der Waals surface area contributed by atoms with Crippen molar-refractivity contribution in [3.8, 4) is 0 Å². The van der Waals surface area contributed by atoms with Crippen molar-refractivity contribution in [2.24, 2.45) is 11.8 Å². The van der Waals surface area contributed by atoms with Crippen molar-refractivity contribution in [1.82, 2.24) is 10.0 Å². The molecule has 0 saturated carbocycles. The van der Waals surface area contributed by atoms with Crippen molar-refractivity contribution >= 4 is 15.9 Å². The van der Waals surface area contributed by atoms with E-state index in [9.17, 15) is 13.2 Å². The fourth-order valence-corrected chi connectivity index (χ4v) is 3.97. The number of carbonyl (C=O) groups is 1. The summed E-state index contributed by atoms with van der Waals surface area (Å²) in [6.45, 7) is 7.70. The number of hydrogen-bond acceptors (Lipinski definition) is 4. The first-order chi connectivity index (χ1) is 11.8. The minimum absolute atomic E-state index is 0.170. The van der Waals surface area contributed by atoms with Gasteiger partial charge in [0.05, 0.1) is 11.5 Å². The molecule has 0 radical (unpaired) electrons. The lowest BCUT2D eigenvalue weighted by molar-refractivity contribution is -0.123. The van der Waals surface area contributed by atoms with Gasteiger partial charge in [-0.3, -0.25) is 4.79 Å². The fraction of sp³-hybridized carbons (Fsp3) is 0.611. The van der Waals surface area contributed by atoms with Crippen molar-refractivity contribution in [3.63, 3.8) is 0 Å². The summed E-state index contributed by atoms with van der Waals surface area (Å²) in [6, 6.07) is 5.81. The molecule has 0 spiro atoms. The molecule has 1 heterocycles. The van der Waals surface area contributed by atoms with Gasteiger partial charge in [-0.15, -0.1) is 0 Å². The first-order valence-electron chi connectivity index (χ1n) is 8.72. The van der Waals surface area contributed by atoms with Crippen molar-refractivity contribution in [2.75, 3.05) is 19.8 Å². The average Bonchev–Trinajstić information content (AvgIpc) is 3.05. The third-order valence-corrected chi connectivity index (χ3v) is 5.73. The predicted octanol–water partition coefficient (Wildman–Crippen LogP) is 1.84. The number of ether oxygens (including phenoxy) is 1. The van der Waals surface area contributed by atoms with Crippen LogP contribution in [0.5, 0.6) is 0 Å². The lowest BCUT2D eigenvalue weighted by Gasteiger charge is -2.21. The summed E-state index contributed by atoms with van der Waals surface area (Å²) in [4.78, 5) is 12.7. The molecule has 1 aliphatic heterocycles. The third-order valence-electron chi connectivity index (χ3n) is 4.24. The molecule has 0 aliphatic carbocycles. The van der Waals surface area contributed by atoms with Crippen LogP contribution >= 0.6 is 0 Å². The largest absolute Gasteiger partial charge is 0.381 e. The highest BCUT2D eigenvalue weighted by molar-refractivity contribution is 7.89. The molecule has 1 fully saturated rings. The van der Waals surface area contributed by atoms with E-state index in [1.54, 1.807) is 24.3 Å². The molecule has 1 aromatic rings. The topological polar surface area (TPSA) is 84.5 Å². The van der Waals surface area contributed by atoms with E-state index in [0.717, 1.165) is 18.6 Å². The van der Waals surface area contributed by atoms with Crippen LogP contribution < -0.4 is 10.0 Å². The van der Waals surface area contributed by atoms with Gasteiger partial charge in [-0.05, 0) is 37.8 Å². The predicted molar refractivity (Wildman–Crippen MR) is 96.7 cm³/mol. The quantitative estimate of drug-likeness (QED) is 0.733. The number of aryl methyl sites for hydroxylation is 1. The molecule has 2 atom stereocenters. The Morgan fingerprint density at radius 3 is 2.52 bits per heavy atom. The first kappa shape index (κ1) is 19.9. The van der Waals surface area contributed by atoms with Gasteiger partial charge in [-0.1, -0.05) is 31.5 Å². The standard InChI is InChI=1S/C18H28N2O4S/c1-13(2)10-17(18(21)19-11-15-8-9-24-12-15)20-25(22,23)16-6-4-14(3)5-7-16/h4-7,13,15,17,20H,8-12H2,1-3H3,(H,19,21). The molecule has 140 valence electrons. The second kappa shape index (κ2) is 8.78. The molecule has 2 unspecified atom stereocenters. The maximum Gasteiger partial charge on any atom is 0.241 e. The maximum absolute atomic E-state index is 12.6. The summed E-state index contributed by atoms with van der Waals surface area (Å²) in [6.07, 6.45) is 1.36. The number of rotatable bonds is 8. The maximum atomic E-state index is 12.6. The SMILES string of the molecule is Cc1ccc(S(=O)(=O)NC(CC(C)C)C(=O)NCC2CCOC2)cc1. The number of sulfonamides is 1. The second-order valence-corrected chi connectivity index (χ2v) is 8.81. The highest BCUT2D eigenvalue weighted by Gasteiger charge is 2.27. The van der Waals surface area contributed by atoms with E-state index in [0.29, 0.717) is 25.5 Å². The van der Waals surface area contributed by atoms with E-state index < -0.39 is 16.1 Å². The average molecular weight is 368 g/mol. The minimum atomic E-state index is -3.74. The molecule has 0 bridgehead atoms. The van der Waals surface area contributed by atoms with Crippen LogP contribution in [0.3, 0.4) is 0 Å². The van der Waals surface area contributed by atoms with Gasteiger partial charge in [-0.2, -0.15) is 4.72 Å². The molecule has 1 saturated heterocycles. The number of hydrogen-bond donors (Lipinski definition) is 2. The van der Waals surface area contributed by atoms with Crippen molar-refractivity contribution in [1.29, 1.82) is 0 Å². The van der Waals surface area contributed by atoms with Crippen LogP contribution in [-0.4, -0.2) is 40.1 Å². The molecular formula is C18H28N2O4S. The van der Waals surface area contributed by atoms with Gasteiger partial charge < -0.3 is 10.1 Å². The van der Waals surface area contributed by atoms with E-state index in [2.05, 4.69) is 10.0 Å². The van der Waals surface area contributed by atoms with E-state index in [1.165, 1.54) is 0 Å². The summed E-state index contributed by atoms with van der Waals surface area (Å²) in [5, 5.41) is 2.87. The van der Waals surface area contributed by atoms with E-state index >= 15 is 0 Å². The monoisotopic (exact) mass is 368 g/mol. The summed E-state index contributed by atoms with van der Waals surface area (Å²) in [5.74, 6) is 0.208. The van der Waals surface area contributed by atoms with Gasteiger partial charge in [0.15, 0.2) is 0 Å². The van der Waals surface area contributed by atoms with Crippen molar-refractivity contribution < 1.29 is 17.9 Å². The molecule has 6 nitrogen and oxygen atoms in total. The van der Waals surface area contributed by atoms with Crippen LogP contribution in [0.15, 0.2) is 29.2 Å². The van der Waals surface area contributed by atoms with Gasteiger partial charge in [0.1, 0.15) is 6.04 Å². The van der Waals surface area contributed by atoms with Crippen LogP contribution in [0.2, 0.25) is 0 Å². The molecule has 25 heavy (non-hydrogen) atoms. The summed E-state index contributed by atoms with van der Waals surface area (Å²) in [7, 11) is -3.74. The van der Waals surface area contributed by atoms with Gasteiger partial charge in [0, 0.05) is 19.1 Å². The Kier molecular flexibility index (Phi) is 6.98. The highest BCUT2D eigenvalue weighted by atomic mass is 32.2. The molecule has 1 aromatic carbocycles. The Hall–Kier alpha value is -1.44. The number of carbonyl (C=O) groups excluding carboxylic acids is 1. The lowest BCUT2D eigenvalue weighted by atomic mass is 10.0. The second-order valence-electron chi connectivity index (χ2n) is 7.09. The Morgan fingerprint density at radius 1 is 1.28 bits per heavy atom. The highest BCUT2D eigenvalue weighted by Crippen LogP contribution is 2.14. The van der Waals surface area contributed by atoms with Crippen LogP contribution in [0.1, 0.15) is 32.3 Å². The van der Waals surface area contributed by atoms with E-state index in [1.807, 2.05) is 20.8 Å². The molecule has 1 aliphatic rings.